The molecule has 0 aromatic heterocycles. The lowest BCUT2D eigenvalue weighted by molar-refractivity contribution is 0.154. The fourth-order valence-corrected chi connectivity index (χ4v) is 4.96. The number of hydrogen-bond acceptors (Lipinski definition) is 2. The average Bonchev–Trinajstić information content (AvgIpc) is 2.94. The molecule has 2 saturated heterocycles. The molecule has 3 aliphatic rings. The normalized spacial score (nSPS) is 30.5. The summed E-state index contributed by atoms with van der Waals surface area (Å²) in [7, 11) is 0. The molecule has 3 fully saturated rings. The minimum Gasteiger partial charge on any atom is -0.303 e. The van der Waals surface area contributed by atoms with E-state index in [0.717, 1.165) is 11.8 Å². The molecule has 0 bridgehead atoms. The largest absolute Gasteiger partial charge is 0.303 e. The summed E-state index contributed by atoms with van der Waals surface area (Å²) in [5, 5.41) is 0. The molecule has 0 amide bonds. The van der Waals surface area contributed by atoms with Gasteiger partial charge >= 0.3 is 0 Å². The quantitative estimate of drug-likeness (QED) is 0.646. The van der Waals surface area contributed by atoms with Crippen LogP contribution in [0.3, 0.4) is 0 Å². The van der Waals surface area contributed by atoms with Crippen LogP contribution < -0.4 is 0 Å². The van der Waals surface area contributed by atoms with Crippen LogP contribution in [0.5, 0.6) is 0 Å². The highest BCUT2D eigenvalue weighted by molar-refractivity contribution is 5.85. The van der Waals surface area contributed by atoms with Crippen molar-refractivity contribution in [2.75, 3.05) is 39.3 Å². The molecule has 0 unspecified atom stereocenters. The molecule has 0 spiro atoms. The van der Waals surface area contributed by atoms with E-state index < -0.39 is 0 Å². The van der Waals surface area contributed by atoms with E-state index >= 15 is 0 Å². The van der Waals surface area contributed by atoms with E-state index in [1.807, 2.05) is 0 Å². The van der Waals surface area contributed by atoms with Crippen LogP contribution in [0.25, 0.3) is 0 Å². The minimum atomic E-state index is 0. The molecule has 2 heterocycles. The lowest BCUT2D eigenvalue weighted by atomic mass is 9.81. The second-order valence-electron chi connectivity index (χ2n) is 8.32. The Bertz CT molecular complexity index is 260. The molecule has 0 radical (unpaired) electrons. The van der Waals surface area contributed by atoms with Gasteiger partial charge in [0.05, 0.1) is 0 Å². The van der Waals surface area contributed by atoms with Crippen LogP contribution in [-0.2, 0) is 0 Å². The van der Waals surface area contributed by atoms with Crippen molar-refractivity contribution >= 4 is 24.8 Å². The summed E-state index contributed by atoms with van der Waals surface area (Å²) >= 11 is 0. The predicted molar refractivity (Wildman–Crippen MR) is 110 cm³/mol. The molecule has 2 aliphatic heterocycles. The first-order chi connectivity index (χ1) is 10.9. The van der Waals surface area contributed by atoms with Gasteiger partial charge in [-0.3, -0.25) is 0 Å². The molecule has 4 heteroatoms. The summed E-state index contributed by atoms with van der Waals surface area (Å²) in [6.45, 7) is 8.36. The van der Waals surface area contributed by atoms with Crippen LogP contribution in [0.4, 0.5) is 0 Å². The molecule has 0 N–H and O–H groups in total. The van der Waals surface area contributed by atoms with Crippen molar-refractivity contribution in [2.24, 2.45) is 11.8 Å². The smallest absolute Gasteiger partial charge is 0.000966 e. The lowest BCUT2D eigenvalue weighted by Gasteiger charge is -2.34. The van der Waals surface area contributed by atoms with Gasteiger partial charge in [-0.1, -0.05) is 25.7 Å². The van der Waals surface area contributed by atoms with Crippen molar-refractivity contribution in [3.8, 4) is 0 Å². The van der Waals surface area contributed by atoms with Gasteiger partial charge in [0.25, 0.3) is 0 Å². The number of hydrogen-bond donors (Lipinski definition) is 0. The maximum Gasteiger partial charge on any atom is 0.000966 e. The molecular weight excluding hydrogens is 339 g/mol. The number of halogens is 2. The zero-order valence-electron chi connectivity index (χ0n) is 15.6. The van der Waals surface area contributed by atoms with Gasteiger partial charge in [-0.2, -0.15) is 0 Å². The molecule has 2 nitrogen and oxygen atoms in total. The first-order valence-corrected chi connectivity index (χ1v) is 10.3. The third-order valence-electron chi connectivity index (χ3n) is 6.40. The Kier molecular flexibility index (Phi) is 12.0. The van der Waals surface area contributed by atoms with Crippen molar-refractivity contribution in [1.82, 2.24) is 9.80 Å². The third kappa shape index (κ3) is 7.81. The maximum atomic E-state index is 2.78. The second-order valence-corrected chi connectivity index (χ2v) is 8.32. The summed E-state index contributed by atoms with van der Waals surface area (Å²) in [4.78, 5) is 5.57. The summed E-state index contributed by atoms with van der Waals surface area (Å²) in [5.41, 5.74) is 0. The van der Waals surface area contributed by atoms with Gasteiger partial charge in [0.2, 0.25) is 0 Å². The number of nitrogens with zero attached hydrogens (tertiary/aromatic N) is 2. The highest BCUT2D eigenvalue weighted by Crippen LogP contribution is 2.31. The monoisotopic (exact) mass is 378 g/mol. The Hall–Kier alpha value is 0.500. The van der Waals surface area contributed by atoms with Crippen molar-refractivity contribution < 1.29 is 0 Å². The molecule has 24 heavy (non-hydrogen) atoms. The van der Waals surface area contributed by atoms with E-state index in [0.29, 0.717) is 0 Å². The van der Waals surface area contributed by atoms with Crippen molar-refractivity contribution in [1.29, 1.82) is 0 Å². The van der Waals surface area contributed by atoms with E-state index in [2.05, 4.69) is 9.80 Å². The predicted octanol–water partition coefficient (Wildman–Crippen LogP) is 5.39. The Balaban J connectivity index is 0.00000144. The van der Waals surface area contributed by atoms with E-state index in [1.54, 1.807) is 0 Å². The Morgan fingerprint density at radius 2 is 0.750 bits per heavy atom. The fourth-order valence-electron chi connectivity index (χ4n) is 4.96. The van der Waals surface area contributed by atoms with Crippen LogP contribution >= 0.6 is 24.8 Å². The minimum absolute atomic E-state index is 0. The maximum absolute atomic E-state index is 2.78. The number of likely N-dealkylation sites (tertiary alicyclic amines) is 2. The highest BCUT2D eigenvalue weighted by Gasteiger charge is 2.25. The number of rotatable bonds is 4. The summed E-state index contributed by atoms with van der Waals surface area (Å²) in [6.07, 6.45) is 17.7. The molecule has 1 saturated carbocycles. The molecule has 144 valence electrons. The Morgan fingerprint density at radius 3 is 1.04 bits per heavy atom. The second kappa shape index (κ2) is 12.8. The van der Waals surface area contributed by atoms with Crippen molar-refractivity contribution in [3.63, 3.8) is 0 Å². The van der Waals surface area contributed by atoms with Crippen LogP contribution in [0.15, 0.2) is 0 Å². The first kappa shape index (κ1) is 22.5. The van der Waals surface area contributed by atoms with E-state index in [9.17, 15) is 0 Å². The van der Waals surface area contributed by atoms with E-state index in [4.69, 9.17) is 0 Å². The first-order valence-electron chi connectivity index (χ1n) is 10.3. The molecular formula is C20H40Cl2N2. The van der Waals surface area contributed by atoms with Gasteiger partial charge in [-0.15, -0.1) is 24.8 Å². The fraction of sp³-hybridized carbons (Fsp3) is 1.00. The van der Waals surface area contributed by atoms with Gasteiger partial charge < -0.3 is 9.80 Å². The highest BCUT2D eigenvalue weighted by atomic mass is 35.5. The molecule has 1 aliphatic carbocycles. The van der Waals surface area contributed by atoms with Crippen LogP contribution in [0.1, 0.15) is 77.0 Å². The van der Waals surface area contributed by atoms with Crippen LogP contribution in [-0.4, -0.2) is 49.1 Å². The molecule has 0 atom stereocenters. The Labute approximate surface area is 162 Å². The third-order valence-corrected chi connectivity index (χ3v) is 6.40. The van der Waals surface area contributed by atoms with Crippen LogP contribution in [0, 0.1) is 11.8 Å². The van der Waals surface area contributed by atoms with Gasteiger partial charge in [0, 0.05) is 13.1 Å². The van der Waals surface area contributed by atoms with Gasteiger partial charge in [0.15, 0.2) is 0 Å². The molecule has 0 aromatic carbocycles. The van der Waals surface area contributed by atoms with Crippen molar-refractivity contribution in [2.45, 2.75) is 77.0 Å². The van der Waals surface area contributed by atoms with Gasteiger partial charge in [-0.25, -0.2) is 0 Å². The molecule has 0 aromatic rings. The topological polar surface area (TPSA) is 6.48 Å². The van der Waals surface area contributed by atoms with Crippen molar-refractivity contribution in [3.05, 3.63) is 0 Å². The zero-order chi connectivity index (χ0) is 15.0. The van der Waals surface area contributed by atoms with Gasteiger partial charge in [-0.05, 0) is 89.4 Å². The summed E-state index contributed by atoms with van der Waals surface area (Å²) in [5.74, 6) is 2.02. The zero-order valence-corrected chi connectivity index (χ0v) is 17.2. The molecule has 3 rings (SSSR count). The van der Waals surface area contributed by atoms with E-state index in [1.165, 1.54) is 116 Å². The van der Waals surface area contributed by atoms with E-state index in [-0.39, 0.29) is 24.8 Å². The lowest BCUT2D eigenvalue weighted by Crippen LogP contribution is -2.35. The SMILES string of the molecule is C1CCCN(CC2CCC(CN3CCCCCC3)CC2)CC1.Cl.Cl. The van der Waals surface area contributed by atoms with Crippen LogP contribution in [0.2, 0.25) is 0 Å². The Morgan fingerprint density at radius 1 is 0.458 bits per heavy atom. The standard InChI is InChI=1S/C20H38N2.2ClH/c1-2-6-14-21(13-5-1)17-19-9-11-20(12-10-19)18-22-15-7-3-4-8-16-22;;/h19-20H,1-18H2;2*1H. The van der Waals surface area contributed by atoms with Gasteiger partial charge in [0.1, 0.15) is 0 Å². The summed E-state index contributed by atoms with van der Waals surface area (Å²) < 4.78 is 0. The average molecular weight is 379 g/mol. The summed E-state index contributed by atoms with van der Waals surface area (Å²) in [6, 6.07) is 0.